The topological polar surface area (TPSA) is 66.9 Å². The molecule has 1 heterocycles. The van der Waals surface area contributed by atoms with Crippen LogP contribution in [0.15, 0.2) is 54.6 Å². The minimum atomic E-state index is -0.668. The Morgan fingerprint density at radius 1 is 0.862 bits per heavy atom. The van der Waals surface area contributed by atoms with Crippen molar-refractivity contribution in [3.8, 4) is 0 Å². The molecule has 2 aromatic carbocycles. The van der Waals surface area contributed by atoms with Gasteiger partial charge < -0.3 is 14.5 Å². The maximum atomic E-state index is 12.9. The smallest absolute Gasteiger partial charge is 0.339 e. The van der Waals surface area contributed by atoms with E-state index in [4.69, 9.17) is 4.74 Å². The lowest BCUT2D eigenvalue weighted by Gasteiger charge is -2.21. The number of benzene rings is 2. The normalized spacial score (nSPS) is 14.0. The van der Waals surface area contributed by atoms with E-state index in [1.54, 1.807) is 36.2 Å². The van der Waals surface area contributed by atoms with Crippen molar-refractivity contribution in [2.24, 2.45) is 0 Å². The first-order chi connectivity index (χ1) is 14.1. The van der Waals surface area contributed by atoms with Gasteiger partial charge in [-0.05, 0) is 37.1 Å². The third kappa shape index (κ3) is 5.22. The van der Waals surface area contributed by atoms with Crippen LogP contribution in [0.4, 0.5) is 5.69 Å². The number of amides is 2. The van der Waals surface area contributed by atoms with Crippen LogP contribution < -0.4 is 4.90 Å². The second kappa shape index (κ2) is 9.87. The van der Waals surface area contributed by atoms with Crippen molar-refractivity contribution >= 4 is 23.5 Å². The van der Waals surface area contributed by atoms with Gasteiger partial charge in [-0.15, -0.1) is 0 Å². The Morgan fingerprint density at radius 2 is 1.45 bits per heavy atom. The van der Waals surface area contributed by atoms with E-state index in [0.717, 1.165) is 31.4 Å². The van der Waals surface area contributed by atoms with E-state index >= 15 is 0 Å². The Bertz CT molecular complexity index is 858. The zero-order valence-corrected chi connectivity index (χ0v) is 16.7. The van der Waals surface area contributed by atoms with Crippen LogP contribution in [0.1, 0.15) is 46.4 Å². The monoisotopic (exact) mass is 394 g/mol. The second-order valence-corrected chi connectivity index (χ2v) is 7.12. The highest BCUT2D eigenvalue weighted by Gasteiger charge is 2.23. The zero-order valence-electron chi connectivity index (χ0n) is 16.7. The molecular formula is C23H26N2O4. The number of carbonyl (C=O) groups is 3. The van der Waals surface area contributed by atoms with Gasteiger partial charge >= 0.3 is 5.97 Å². The van der Waals surface area contributed by atoms with Crippen LogP contribution in [-0.4, -0.2) is 49.4 Å². The fourth-order valence-corrected chi connectivity index (χ4v) is 3.41. The van der Waals surface area contributed by atoms with E-state index in [1.807, 2.05) is 30.3 Å². The van der Waals surface area contributed by atoms with Crippen LogP contribution in [0.25, 0.3) is 0 Å². The molecule has 0 radical (unpaired) electrons. The van der Waals surface area contributed by atoms with Crippen molar-refractivity contribution in [1.82, 2.24) is 4.90 Å². The van der Waals surface area contributed by atoms with Gasteiger partial charge in [0.2, 0.25) is 0 Å². The van der Waals surface area contributed by atoms with Crippen LogP contribution in [-0.2, 0) is 9.53 Å². The van der Waals surface area contributed by atoms with Crippen molar-refractivity contribution in [1.29, 1.82) is 0 Å². The summed E-state index contributed by atoms with van der Waals surface area (Å²) in [6.45, 7) is 1.09. The van der Waals surface area contributed by atoms with Gasteiger partial charge in [-0.3, -0.25) is 9.59 Å². The van der Waals surface area contributed by atoms with Gasteiger partial charge in [0.1, 0.15) is 0 Å². The molecule has 152 valence electrons. The summed E-state index contributed by atoms with van der Waals surface area (Å²) in [5.74, 6) is -1.17. The molecule has 2 amide bonds. The fourth-order valence-electron chi connectivity index (χ4n) is 3.41. The first kappa shape index (κ1) is 20.6. The number of hydrogen-bond donors (Lipinski definition) is 0. The first-order valence-electron chi connectivity index (χ1n) is 9.95. The molecule has 1 fully saturated rings. The number of esters is 1. The quantitative estimate of drug-likeness (QED) is 0.728. The van der Waals surface area contributed by atoms with Crippen molar-refractivity contribution in [3.05, 3.63) is 65.7 Å². The maximum Gasteiger partial charge on any atom is 0.339 e. The van der Waals surface area contributed by atoms with E-state index in [-0.39, 0.29) is 29.5 Å². The van der Waals surface area contributed by atoms with Crippen molar-refractivity contribution in [2.75, 3.05) is 31.6 Å². The standard InChI is InChI=1S/C23H26N2O4/c1-24(18-11-5-4-6-12-18)22(27)19-13-7-8-14-20(19)23(28)29-17-21(26)25-15-9-2-3-10-16-25/h4-8,11-14H,2-3,9-10,15-17H2,1H3. The van der Waals surface area contributed by atoms with E-state index in [9.17, 15) is 14.4 Å². The highest BCUT2D eigenvalue weighted by atomic mass is 16.5. The summed E-state index contributed by atoms with van der Waals surface area (Å²) in [6.07, 6.45) is 4.19. The molecular weight excluding hydrogens is 368 g/mol. The van der Waals surface area contributed by atoms with Gasteiger partial charge in [0, 0.05) is 25.8 Å². The van der Waals surface area contributed by atoms with Crippen molar-refractivity contribution in [3.63, 3.8) is 0 Å². The Balaban J connectivity index is 1.68. The van der Waals surface area contributed by atoms with Gasteiger partial charge in [-0.25, -0.2) is 4.79 Å². The van der Waals surface area contributed by atoms with Gasteiger partial charge in [-0.2, -0.15) is 0 Å². The SMILES string of the molecule is CN(C(=O)c1ccccc1C(=O)OCC(=O)N1CCCCCC1)c1ccccc1. The molecule has 1 aliphatic rings. The lowest BCUT2D eigenvalue weighted by Crippen LogP contribution is -2.35. The maximum absolute atomic E-state index is 12.9. The van der Waals surface area contributed by atoms with Gasteiger partial charge in [0.15, 0.2) is 6.61 Å². The number of anilines is 1. The Hall–Kier alpha value is -3.15. The molecule has 29 heavy (non-hydrogen) atoms. The van der Waals surface area contributed by atoms with Crippen molar-refractivity contribution in [2.45, 2.75) is 25.7 Å². The molecule has 0 spiro atoms. The second-order valence-electron chi connectivity index (χ2n) is 7.12. The number of para-hydroxylation sites is 1. The van der Waals surface area contributed by atoms with Crippen LogP contribution in [0.5, 0.6) is 0 Å². The summed E-state index contributed by atoms with van der Waals surface area (Å²) in [7, 11) is 1.66. The molecule has 6 heteroatoms. The lowest BCUT2D eigenvalue weighted by molar-refractivity contribution is -0.134. The minimum absolute atomic E-state index is 0.156. The summed E-state index contributed by atoms with van der Waals surface area (Å²) in [6, 6.07) is 15.7. The molecule has 2 aromatic rings. The molecule has 0 bridgehead atoms. The van der Waals surface area contributed by atoms with Crippen LogP contribution in [0.2, 0.25) is 0 Å². The highest BCUT2D eigenvalue weighted by molar-refractivity contribution is 6.12. The predicted molar refractivity (Wildman–Crippen MR) is 111 cm³/mol. The fraction of sp³-hybridized carbons (Fsp3) is 0.348. The van der Waals surface area contributed by atoms with E-state index in [0.29, 0.717) is 13.1 Å². The van der Waals surface area contributed by atoms with Crippen molar-refractivity contribution < 1.29 is 19.1 Å². The van der Waals surface area contributed by atoms with Gasteiger partial charge in [0.25, 0.3) is 11.8 Å². The number of carbonyl (C=O) groups excluding carboxylic acids is 3. The molecule has 0 aliphatic carbocycles. The molecule has 6 nitrogen and oxygen atoms in total. The summed E-state index contributed by atoms with van der Waals surface area (Å²) in [5, 5.41) is 0. The molecule has 3 rings (SSSR count). The minimum Gasteiger partial charge on any atom is -0.452 e. The third-order valence-electron chi connectivity index (χ3n) is 5.11. The Morgan fingerprint density at radius 3 is 2.10 bits per heavy atom. The molecule has 0 atom stereocenters. The molecule has 0 saturated carbocycles. The largest absolute Gasteiger partial charge is 0.452 e. The number of likely N-dealkylation sites (tertiary alicyclic amines) is 1. The number of rotatable bonds is 5. The molecule has 1 aliphatic heterocycles. The first-order valence-corrected chi connectivity index (χ1v) is 9.95. The predicted octanol–water partition coefficient (Wildman–Crippen LogP) is 3.52. The number of hydrogen-bond acceptors (Lipinski definition) is 4. The van der Waals surface area contributed by atoms with Crippen LogP contribution in [0.3, 0.4) is 0 Å². The zero-order chi connectivity index (χ0) is 20.6. The summed E-state index contributed by atoms with van der Waals surface area (Å²) < 4.78 is 5.26. The van der Waals surface area contributed by atoms with E-state index in [2.05, 4.69) is 0 Å². The van der Waals surface area contributed by atoms with Gasteiger partial charge in [0.05, 0.1) is 11.1 Å². The number of ether oxygens (including phenoxy) is 1. The average Bonchev–Trinajstić information content (AvgIpc) is 3.06. The molecule has 0 N–H and O–H groups in total. The lowest BCUT2D eigenvalue weighted by atomic mass is 10.1. The van der Waals surface area contributed by atoms with Crippen LogP contribution in [0, 0.1) is 0 Å². The number of nitrogens with zero attached hydrogens (tertiary/aromatic N) is 2. The molecule has 1 saturated heterocycles. The average molecular weight is 394 g/mol. The summed E-state index contributed by atoms with van der Waals surface area (Å²) in [5.41, 5.74) is 1.12. The summed E-state index contributed by atoms with van der Waals surface area (Å²) in [4.78, 5) is 41.2. The third-order valence-corrected chi connectivity index (χ3v) is 5.11. The Kier molecular flexibility index (Phi) is 7.00. The van der Waals surface area contributed by atoms with E-state index < -0.39 is 5.97 Å². The Labute approximate surface area is 171 Å². The highest BCUT2D eigenvalue weighted by Crippen LogP contribution is 2.18. The van der Waals surface area contributed by atoms with Crippen LogP contribution >= 0.6 is 0 Å². The van der Waals surface area contributed by atoms with Gasteiger partial charge in [-0.1, -0.05) is 43.2 Å². The van der Waals surface area contributed by atoms with E-state index in [1.165, 1.54) is 4.90 Å². The summed E-state index contributed by atoms with van der Waals surface area (Å²) >= 11 is 0. The molecule has 0 aromatic heterocycles. The molecule has 0 unspecified atom stereocenters.